The van der Waals surface area contributed by atoms with Crippen LogP contribution in [0.3, 0.4) is 0 Å². The topological polar surface area (TPSA) is 50.5 Å². The number of carbonyl (C=O) groups is 1. The lowest BCUT2D eigenvalue weighted by Gasteiger charge is -2.40. The summed E-state index contributed by atoms with van der Waals surface area (Å²) in [5, 5.41) is 11.5. The van der Waals surface area contributed by atoms with E-state index in [0.29, 0.717) is 16.2 Å². The average Bonchev–Trinajstić information content (AvgIpc) is 3.11. The number of likely N-dealkylation sites (tertiary alicyclic amines) is 2. The summed E-state index contributed by atoms with van der Waals surface area (Å²) < 4.78 is 0.700. The lowest BCUT2D eigenvalue weighted by atomic mass is 9.79. The van der Waals surface area contributed by atoms with E-state index in [1.165, 1.54) is 36.4 Å². The number of rotatable bonds is 4. The molecule has 4 rings (SSSR count). The zero-order chi connectivity index (χ0) is 20.4. The normalized spacial score (nSPS) is 22.5. The fourth-order valence-corrected chi connectivity index (χ4v) is 4.92. The second-order valence-electron chi connectivity index (χ2n) is 9.14. The van der Waals surface area contributed by atoms with Crippen LogP contribution in [0, 0.1) is 10.6 Å². The molecule has 1 aromatic carbocycles. The summed E-state index contributed by atoms with van der Waals surface area (Å²) in [7, 11) is 0. The third-order valence-corrected chi connectivity index (χ3v) is 6.54. The molecule has 2 aromatic rings. The SMILES string of the molecule is CC(C)c1ccc(CN2CCCC3(CCN(C(=O)c4ccc[n+]([O-])c4)C3)C2)cc1. The van der Waals surface area contributed by atoms with Gasteiger partial charge >= 0.3 is 0 Å². The van der Waals surface area contributed by atoms with Gasteiger partial charge in [-0.3, -0.25) is 9.69 Å². The summed E-state index contributed by atoms with van der Waals surface area (Å²) in [6.07, 6.45) is 6.19. The molecule has 0 N–H and O–H groups in total. The summed E-state index contributed by atoms with van der Waals surface area (Å²) in [6, 6.07) is 12.4. The van der Waals surface area contributed by atoms with Crippen molar-refractivity contribution < 1.29 is 9.52 Å². The Kier molecular flexibility index (Phi) is 5.59. The predicted molar refractivity (Wildman–Crippen MR) is 113 cm³/mol. The molecule has 1 aromatic heterocycles. The van der Waals surface area contributed by atoms with Gasteiger partial charge in [0.2, 0.25) is 0 Å². The first-order chi connectivity index (χ1) is 13.9. The Morgan fingerprint density at radius 2 is 1.93 bits per heavy atom. The van der Waals surface area contributed by atoms with Gasteiger partial charge in [-0.15, -0.1) is 0 Å². The van der Waals surface area contributed by atoms with Crippen LogP contribution in [0.2, 0.25) is 0 Å². The van der Waals surface area contributed by atoms with E-state index in [9.17, 15) is 10.0 Å². The average molecular weight is 394 g/mol. The lowest BCUT2D eigenvalue weighted by molar-refractivity contribution is -0.605. The van der Waals surface area contributed by atoms with Gasteiger partial charge in [-0.05, 0) is 48.9 Å². The molecule has 1 atom stereocenters. The largest absolute Gasteiger partial charge is 0.619 e. The first kappa shape index (κ1) is 19.9. The minimum Gasteiger partial charge on any atom is -0.619 e. The number of piperidine rings is 1. The van der Waals surface area contributed by atoms with E-state index < -0.39 is 0 Å². The van der Waals surface area contributed by atoms with Gasteiger partial charge in [0.15, 0.2) is 12.4 Å². The Balaban J connectivity index is 1.39. The van der Waals surface area contributed by atoms with Gasteiger partial charge in [0.05, 0.1) is 0 Å². The van der Waals surface area contributed by atoms with Crippen molar-refractivity contribution in [2.45, 2.75) is 45.6 Å². The van der Waals surface area contributed by atoms with Crippen molar-refractivity contribution >= 4 is 5.91 Å². The fraction of sp³-hybridized carbons (Fsp3) is 0.500. The van der Waals surface area contributed by atoms with Crippen LogP contribution in [0.15, 0.2) is 48.8 Å². The van der Waals surface area contributed by atoms with Gasteiger partial charge in [0.25, 0.3) is 5.91 Å². The summed E-state index contributed by atoms with van der Waals surface area (Å²) in [5.41, 5.74) is 3.42. The van der Waals surface area contributed by atoms with E-state index in [2.05, 4.69) is 43.0 Å². The highest BCUT2D eigenvalue weighted by Crippen LogP contribution is 2.39. The van der Waals surface area contributed by atoms with Crippen LogP contribution in [0.5, 0.6) is 0 Å². The summed E-state index contributed by atoms with van der Waals surface area (Å²) >= 11 is 0. The van der Waals surface area contributed by atoms with Crippen molar-refractivity contribution in [2.24, 2.45) is 5.41 Å². The number of pyridine rings is 1. The molecule has 3 heterocycles. The second kappa shape index (κ2) is 8.15. The lowest BCUT2D eigenvalue weighted by Crippen LogP contribution is -2.45. The number of amides is 1. The maximum Gasteiger partial charge on any atom is 0.259 e. The third kappa shape index (κ3) is 4.45. The summed E-state index contributed by atoms with van der Waals surface area (Å²) in [4.78, 5) is 17.3. The predicted octanol–water partition coefficient (Wildman–Crippen LogP) is 3.57. The first-order valence-electron chi connectivity index (χ1n) is 10.7. The molecular weight excluding hydrogens is 362 g/mol. The minimum absolute atomic E-state index is 0.0199. The third-order valence-electron chi connectivity index (χ3n) is 6.54. The maximum absolute atomic E-state index is 12.8. The van der Waals surface area contributed by atoms with Crippen molar-refractivity contribution in [3.8, 4) is 0 Å². The smallest absolute Gasteiger partial charge is 0.259 e. The van der Waals surface area contributed by atoms with Crippen LogP contribution in [-0.2, 0) is 6.54 Å². The number of benzene rings is 1. The molecule has 0 aliphatic carbocycles. The van der Waals surface area contributed by atoms with Crippen LogP contribution < -0.4 is 4.73 Å². The number of hydrogen-bond acceptors (Lipinski definition) is 3. The second-order valence-corrected chi connectivity index (χ2v) is 9.14. The van der Waals surface area contributed by atoms with Crippen LogP contribution >= 0.6 is 0 Å². The van der Waals surface area contributed by atoms with Gasteiger partial charge in [-0.2, -0.15) is 4.73 Å². The van der Waals surface area contributed by atoms with Gasteiger partial charge in [-0.1, -0.05) is 38.1 Å². The number of hydrogen-bond donors (Lipinski definition) is 0. The molecule has 2 fully saturated rings. The first-order valence-corrected chi connectivity index (χ1v) is 10.7. The molecule has 1 spiro atoms. The molecule has 5 heteroatoms. The molecular formula is C24H31N3O2. The zero-order valence-corrected chi connectivity index (χ0v) is 17.5. The molecule has 0 bridgehead atoms. The van der Waals surface area contributed by atoms with Gasteiger partial charge in [-0.25, -0.2) is 0 Å². The molecule has 2 aliphatic heterocycles. The van der Waals surface area contributed by atoms with Gasteiger partial charge < -0.3 is 10.1 Å². The van der Waals surface area contributed by atoms with E-state index in [0.717, 1.165) is 39.1 Å². The van der Waals surface area contributed by atoms with Crippen molar-refractivity contribution in [1.29, 1.82) is 0 Å². The Bertz CT molecular complexity index is 865. The molecule has 29 heavy (non-hydrogen) atoms. The van der Waals surface area contributed by atoms with Crippen LogP contribution in [0.4, 0.5) is 0 Å². The molecule has 2 saturated heterocycles. The van der Waals surface area contributed by atoms with Crippen molar-refractivity contribution in [3.63, 3.8) is 0 Å². The van der Waals surface area contributed by atoms with E-state index in [1.54, 1.807) is 12.1 Å². The molecule has 0 radical (unpaired) electrons. The molecule has 0 saturated carbocycles. The quantitative estimate of drug-likeness (QED) is 0.589. The van der Waals surface area contributed by atoms with Crippen LogP contribution in [0.25, 0.3) is 0 Å². The Hall–Kier alpha value is -2.40. The Morgan fingerprint density at radius 1 is 1.14 bits per heavy atom. The van der Waals surface area contributed by atoms with Crippen LogP contribution in [0.1, 0.15) is 60.5 Å². The van der Waals surface area contributed by atoms with E-state index in [4.69, 9.17) is 0 Å². The van der Waals surface area contributed by atoms with Crippen molar-refractivity contribution in [3.05, 3.63) is 70.7 Å². The van der Waals surface area contributed by atoms with Gasteiger partial charge in [0, 0.05) is 37.7 Å². The molecule has 154 valence electrons. The zero-order valence-electron chi connectivity index (χ0n) is 17.5. The van der Waals surface area contributed by atoms with Crippen LogP contribution in [-0.4, -0.2) is 41.9 Å². The number of carbonyl (C=O) groups excluding carboxylic acids is 1. The minimum atomic E-state index is -0.0199. The van der Waals surface area contributed by atoms with Crippen molar-refractivity contribution in [1.82, 2.24) is 9.80 Å². The van der Waals surface area contributed by atoms with E-state index in [1.807, 2.05) is 4.90 Å². The number of nitrogens with zero attached hydrogens (tertiary/aromatic N) is 3. The monoisotopic (exact) mass is 393 g/mol. The summed E-state index contributed by atoms with van der Waals surface area (Å²) in [6.45, 7) is 9.16. The molecule has 2 aliphatic rings. The highest BCUT2D eigenvalue weighted by atomic mass is 16.5. The van der Waals surface area contributed by atoms with Gasteiger partial charge in [0.1, 0.15) is 5.56 Å². The molecule has 1 amide bonds. The Labute approximate surface area is 173 Å². The standard InChI is InChI=1S/C24H31N3O2/c1-19(2)21-8-6-20(7-9-21)15-25-12-4-10-24(17-25)11-14-26(18-24)23(28)22-5-3-13-27(29)16-22/h3,5-9,13,16,19H,4,10-12,14-15,17-18H2,1-2H3. The maximum atomic E-state index is 12.8. The van der Waals surface area contributed by atoms with Crippen molar-refractivity contribution in [2.75, 3.05) is 26.2 Å². The van der Waals surface area contributed by atoms with E-state index >= 15 is 0 Å². The fourth-order valence-electron chi connectivity index (χ4n) is 4.92. The number of aromatic nitrogens is 1. The molecule has 1 unspecified atom stereocenters. The summed E-state index contributed by atoms with van der Waals surface area (Å²) in [5.74, 6) is 0.540. The Morgan fingerprint density at radius 3 is 2.66 bits per heavy atom. The molecule has 5 nitrogen and oxygen atoms in total. The van der Waals surface area contributed by atoms with E-state index in [-0.39, 0.29) is 11.3 Å². The highest BCUT2D eigenvalue weighted by Gasteiger charge is 2.43. The highest BCUT2D eigenvalue weighted by molar-refractivity contribution is 5.93.